The Morgan fingerprint density at radius 2 is 1.95 bits per heavy atom. The molecule has 6 nitrogen and oxygen atoms in total. The van der Waals surface area contributed by atoms with Crippen molar-refractivity contribution in [2.75, 3.05) is 13.1 Å². The molecular weight excluding hydrogens is 294 g/mol. The van der Waals surface area contributed by atoms with Crippen molar-refractivity contribution < 1.29 is 23.4 Å². The average molecular weight is 315 g/mol. The molecule has 0 bridgehead atoms. The number of carboxylic acid groups (broad SMARTS) is 1. The molecule has 1 atom stereocenters. The summed E-state index contributed by atoms with van der Waals surface area (Å²) in [6, 6.07) is 3.30. The molecule has 0 aliphatic carbocycles. The fraction of sp³-hybridized carbons (Fsp3) is 0.500. The molecule has 1 aromatic rings. The standard InChI is InChI=1S/C14H21NO5S/c1-4-10(3)9-15(5-2)21(19,20)11-6-7-13(16)12(8-11)14(17)18/h6-8,10,16H,4-5,9H2,1-3H3,(H,17,18). The zero-order chi connectivity index (χ0) is 16.2. The number of carboxylic acids is 1. The minimum Gasteiger partial charge on any atom is -0.507 e. The Kier molecular flexibility index (Phi) is 5.74. The zero-order valence-electron chi connectivity index (χ0n) is 12.4. The van der Waals surface area contributed by atoms with Gasteiger partial charge in [0.05, 0.1) is 4.90 Å². The summed E-state index contributed by atoms with van der Waals surface area (Å²) in [5, 5.41) is 18.4. The van der Waals surface area contributed by atoms with Gasteiger partial charge in [-0.2, -0.15) is 4.31 Å². The normalized spacial score (nSPS) is 13.3. The Bertz CT molecular complexity index is 612. The number of hydrogen-bond donors (Lipinski definition) is 2. The predicted octanol–water partition coefficient (Wildman–Crippen LogP) is 2.15. The number of hydrogen-bond acceptors (Lipinski definition) is 4. The van der Waals surface area contributed by atoms with Crippen LogP contribution in [0.3, 0.4) is 0 Å². The van der Waals surface area contributed by atoms with Crippen LogP contribution in [0.2, 0.25) is 0 Å². The van der Waals surface area contributed by atoms with Gasteiger partial charge in [0.15, 0.2) is 0 Å². The third kappa shape index (κ3) is 3.95. The molecule has 0 saturated carbocycles. The second-order valence-corrected chi connectivity index (χ2v) is 6.89. The minimum absolute atomic E-state index is 0.122. The van der Waals surface area contributed by atoms with Gasteiger partial charge in [0, 0.05) is 13.1 Å². The lowest BCUT2D eigenvalue weighted by molar-refractivity contribution is 0.0693. The molecule has 0 spiro atoms. The van der Waals surface area contributed by atoms with E-state index >= 15 is 0 Å². The highest BCUT2D eigenvalue weighted by molar-refractivity contribution is 7.89. The number of phenols is 1. The van der Waals surface area contributed by atoms with Crippen LogP contribution in [-0.4, -0.2) is 42.0 Å². The molecule has 1 rings (SSSR count). The van der Waals surface area contributed by atoms with Crippen LogP contribution in [-0.2, 0) is 10.0 Å². The van der Waals surface area contributed by atoms with Gasteiger partial charge in [0.25, 0.3) is 0 Å². The summed E-state index contributed by atoms with van der Waals surface area (Å²) in [7, 11) is -3.77. The summed E-state index contributed by atoms with van der Waals surface area (Å²) < 4.78 is 26.4. The number of aromatic hydroxyl groups is 1. The van der Waals surface area contributed by atoms with Crippen molar-refractivity contribution in [2.45, 2.75) is 32.1 Å². The second kappa shape index (κ2) is 6.91. The molecular formula is C14H21NO5S. The maximum Gasteiger partial charge on any atom is 0.339 e. The van der Waals surface area contributed by atoms with Crippen molar-refractivity contribution in [2.24, 2.45) is 5.92 Å². The van der Waals surface area contributed by atoms with E-state index in [4.69, 9.17) is 5.11 Å². The highest BCUT2D eigenvalue weighted by Crippen LogP contribution is 2.24. The van der Waals surface area contributed by atoms with Crippen LogP contribution in [0.15, 0.2) is 23.1 Å². The van der Waals surface area contributed by atoms with Gasteiger partial charge in [-0.05, 0) is 24.1 Å². The zero-order valence-corrected chi connectivity index (χ0v) is 13.2. The summed E-state index contributed by atoms with van der Waals surface area (Å²) >= 11 is 0. The van der Waals surface area contributed by atoms with E-state index < -0.39 is 27.3 Å². The number of carbonyl (C=O) groups is 1. The van der Waals surface area contributed by atoms with E-state index in [1.807, 2.05) is 13.8 Å². The van der Waals surface area contributed by atoms with Crippen LogP contribution in [0.25, 0.3) is 0 Å². The quantitative estimate of drug-likeness (QED) is 0.804. The molecule has 7 heteroatoms. The molecule has 118 valence electrons. The van der Waals surface area contributed by atoms with E-state index in [9.17, 15) is 18.3 Å². The van der Waals surface area contributed by atoms with Gasteiger partial charge in [0.1, 0.15) is 11.3 Å². The molecule has 2 N–H and O–H groups in total. The summed E-state index contributed by atoms with van der Waals surface area (Å²) in [5.41, 5.74) is -0.421. The Morgan fingerprint density at radius 1 is 1.33 bits per heavy atom. The maximum atomic E-state index is 12.6. The highest BCUT2D eigenvalue weighted by atomic mass is 32.2. The summed E-state index contributed by atoms with van der Waals surface area (Å²) in [4.78, 5) is 10.9. The van der Waals surface area contributed by atoms with Crippen LogP contribution in [0.1, 0.15) is 37.6 Å². The highest BCUT2D eigenvalue weighted by Gasteiger charge is 2.26. The van der Waals surface area contributed by atoms with Gasteiger partial charge in [-0.25, -0.2) is 13.2 Å². The van der Waals surface area contributed by atoms with Crippen molar-refractivity contribution in [3.63, 3.8) is 0 Å². The largest absolute Gasteiger partial charge is 0.507 e. The van der Waals surface area contributed by atoms with Gasteiger partial charge in [-0.1, -0.05) is 27.2 Å². The van der Waals surface area contributed by atoms with Crippen molar-refractivity contribution in [3.05, 3.63) is 23.8 Å². The Labute approximate surface area is 125 Å². The number of aromatic carboxylic acids is 1. The predicted molar refractivity (Wildman–Crippen MR) is 79.0 cm³/mol. The molecule has 1 unspecified atom stereocenters. The molecule has 21 heavy (non-hydrogen) atoms. The molecule has 0 saturated heterocycles. The first kappa shape index (κ1) is 17.5. The van der Waals surface area contributed by atoms with E-state index in [1.165, 1.54) is 10.4 Å². The van der Waals surface area contributed by atoms with Crippen molar-refractivity contribution >= 4 is 16.0 Å². The smallest absolute Gasteiger partial charge is 0.339 e. The number of benzene rings is 1. The topological polar surface area (TPSA) is 94.9 Å². The Hall–Kier alpha value is -1.60. The fourth-order valence-electron chi connectivity index (χ4n) is 1.87. The lowest BCUT2D eigenvalue weighted by Gasteiger charge is -2.23. The van der Waals surface area contributed by atoms with Crippen molar-refractivity contribution in [1.82, 2.24) is 4.31 Å². The lowest BCUT2D eigenvalue weighted by atomic mass is 10.1. The molecule has 1 aromatic carbocycles. The van der Waals surface area contributed by atoms with Crippen molar-refractivity contribution in [1.29, 1.82) is 0 Å². The molecule has 0 radical (unpaired) electrons. The third-order valence-electron chi connectivity index (χ3n) is 3.40. The SMILES string of the molecule is CCC(C)CN(CC)S(=O)(=O)c1ccc(O)c(C(=O)O)c1. The summed E-state index contributed by atoms with van der Waals surface area (Å²) in [5.74, 6) is -1.61. The van der Waals surface area contributed by atoms with E-state index in [1.54, 1.807) is 6.92 Å². The molecule has 0 aliphatic rings. The van der Waals surface area contributed by atoms with Crippen LogP contribution in [0, 0.1) is 5.92 Å². The molecule has 0 aromatic heterocycles. The first-order valence-electron chi connectivity index (χ1n) is 6.80. The minimum atomic E-state index is -3.77. The monoisotopic (exact) mass is 315 g/mol. The molecule has 0 fully saturated rings. The number of sulfonamides is 1. The first-order valence-corrected chi connectivity index (χ1v) is 8.24. The van der Waals surface area contributed by atoms with Crippen LogP contribution in [0.5, 0.6) is 5.75 Å². The first-order chi connectivity index (χ1) is 9.73. The Morgan fingerprint density at radius 3 is 2.43 bits per heavy atom. The summed E-state index contributed by atoms with van der Waals surface area (Å²) in [6.45, 7) is 6.35. The second-order valence-electron chi connectivity index (χ2n) is 4.95. The Balaban J connectivity index is 3.23. The van der Waals surface area contributed by atoms with Gasteiger partial charge in [0.2, 0.25) is 10.0 Å². The lowest BCUT2D eigenvalue weighted by Crippen LogP contribution is -2.34. The van der Waals surface area contributed by atoms with E-state index in [-0.39, 0.29) is 10.8 Å². The van der Waals surface area contributed by atoms with Gasteiger partial charge < -0.3 is 10.2 Å². The van der Waals surface area contributed by atoms with E-state index in [0.717, 1.165) is 18.6 Å². The van der Waals surface area contributed by atoms with E-state index in [0.29, 0.717) is 13.1 Å². The molecule has 0 aliphatic heterocycles. The van der Waals surface area contributed by atoms with Crippen LogP contribution >= 0.6 is 0 Å². The maximum absolute atomic E-state index is 12.6. The molecule has 0 amide bonds. The summed E-state index contributed by atoms with van der Waals surface area (Å²) in [6.07, 6.45) is 0.849. The van der Waals surface area contributed by atoms with E-state index in [2.05, 4.69) is 0 Å². The third-order valence-corrected chi connectivity index (χ3v) is 5.34. The average Bonchev–Trinajstić information content (AvgIpc) is 2.43. The van der Waals surface area contributed by atoms with Gasteiger partial charge in [-0.3, -0.25) is 0 Å². The van der Waals surface area contributed by atoms with Gasteiger partial charge >= 0.3 is 5.97 Å². The van der Waals surface area contributed by atoms with Crippen LogP contribution in [0.4, 0.5) is 0 Å². The number of nitrogens with zero attached hydrogens (tertiary/aromatic N) is 1. The number of rotatable bonds is 7. The fourth-order valence-corrected chi connectivity index (χ4v) is 3.47. The van der Waals surface area contributed by atoms with Gasteiger partial charge in [-0.15, -0.1) is 0 Å². The van der Waals surface area contributed by atoms with Crippen molar-refractivity contribution in [3.8, 4) is 5.75 Å². The molecule has 0 heterocycles. The van der Waals surface area contributed by atoms with Crippen LogP contribution < -0.4 is 0 Å².